The summed E-state index contributed by atoms with van der Waals surface area (Å²) in [4.78, 5) is 1.98. The first kappa shape index (κ1) is 8.87. The van der Waals surface area contributed by atoms with Crippen molar-refractivity contribution in [2.45, 2.75) is 13.1 Å². The van der Waals surface area contributed by atoms with Crippen LogP contribution in [0.25, 0.3) is 0 Å². The number of para-hydroxylation sites is 1. The van der Waals surface area contributed by atoms with Gasteiger partial charge in [0.1, 0.15) is 11.9 Å². The van der Waals surface area contributed by atoms with Gasteiger partial charge in [0.25, 0.3) is 0 Å². The molecule has 1 aromatic carbocycles. The number of benzene rings is 1. The number of hydrogen-bond acceptors (Lipinski definition) is 4. The molecule has 0 aliphatic carbocycles. The summed E-state index contributed by atoms with van der Waals surface area (Å²) in [7, 11) is 1.94. The number of phenolic OH excluding ortho intramolecular Hbond substituents is 1. The quantitative estimate of drug-likeness (QED) is 0.694. The lowest BCUT2D eigenvalue weighted by atomic mass is 10.1. The fourth-order valence-electron chi connectivity index (χ4n) is 1.42. The third-order valence-corrected chi connectivity index (χ3v) is 2.42. The lowest BCUT2D eigenvalue weighted by molar-refractivity contribution is 0.375. The lowest BCUT2D eigenvalue weighted by Gasteiger charge is -2.18. The van der Waals surface area contributed by atoms with Gasteiger partial charge in [0.05, 0.1) is 5.56 Å². The van der Waals surface area contributed by atoms with E-state index in [0.29, 0.717) is 0 Å². The standard InChI is InChI=1S/C10H13N3O/c1-7-11-12-10(13(7)2)8-5-3-4-6-9(8)14/h3-7,11,14H,1-2H3. The second kappa shape index (κ2) is 3.21. The molecule has 4 heteroatoms. The molecule has 4 nitrogen and oxygen atoms in total. The molecule has 0 bridgehead atoms. The molecule has 2 rings (SSSR count). The molecule has 0 amide bonds. The average molecular weight is 191 g/mol. The van der Waals surface area contributed by atoms with Crippen molar-refractivity contribution in [2.75, 3.05) is 7.05 Å². The summed E-state index contributed by atoms with van der Waals surface area (Å²) in [5, 5.41) is 13.8. The van der Waals surface area contributed by atoms with Crippen molar-refractivity contribution in [3.8, 4) is 5.75 Å². The Bertz CT molecular complexity index is 375. The van der Waals surface area contributed by atoms with Gasteiger partial charge in [-0.1, -0.05) is 12.1 Å². The van der Waals surface area contributed by atoms with Gasteiger partial charge in [-0.25, -0.2) is 0 Å². The fourth-order valence-corrected chi connectivity index (χ4v) is 1.42. The van der Waals surface area contributed by atoms with Gasteiger partial charge >= 0.3 is 0 Å². The van der Waals surface area contributed by atoms with Crippen molar-refractivity contribution in [3.05, 3.63) is 29.8 Å². The predicted octanol–water partition coefficient (Wildman–Crippen LogP) is 0.935. The number of phenols is 1. The van der Waals surface area contributed by atoms with Crippen LogP contribution in [0.4, 0.5) is 0 Å². The topological polar surface area (TPSA) is 47.9 Å². The van der Waals surface area contributed by atoms with Crippen LogP contribution in [-0.4, -0.2) is 29.1 Å². The summed E-state index contributed by atoms with van der Waals surface area (Å²) in [6.45, 7) is 2.01. The Kier molecular flexibility index (Phi) is 2.04. The second-order valence-corrected chi connectivity index (χ2v) is 3.37. The van der Waals surface area contributed by atoms with Crippen molar-refractivity contribution in [1.82, 2.24) is 10.3 Å². The average Bonchev–Trinajstić information content (AvgIpc) is 2.49. The number of hydrazone groups is 1. The molecule has 0 aromatic heterocycles. The highest BCUT2D eigenvalue weighted by molar-refractivity contribution is 6.01. The fraction of sp³-hybridized carbons (Fsp3) is 0.300. The minimum absolute atomic E-state index is 0.171. The van der Waals surface area contributed by atoms with Gasteiger partial charge in [-0.3, -0.25) is 5.43 Å². The van der Waals surface area contributed by atoms with E-state index >= 15 is 0 Å². The highest BCUT2D eigenvalue weighted by atomic mass is 16.3. The molecule has 1 heterocycles. The molecule has 1 atom stereocenters. The Morgan fingerprint density at radius 1 is 1.43 bits per heavy atom. The maximum absolute atomic E-state index is 9.64. The smallest absolute Gasteiger partial charge is 0.160 e. The zero-order chi connectivity index (χ0) is 10.1. The number of nitrogens with one attached hydrogen (secondary N) is 1. The molecule has 1 aromatic rings. The zero-order valence-electron chi connectivity index (χ0n) is 8.23. The van der Waals surface area contributed by atoms with Gasteiger partial charge in [0.2, 0.25) is 0 Å². The minimum atomic E-state index is 0.171. The Morgan fingerprint density at radius 2 is 2.14 bits per heavy atom. The third kappa shape index (κ3) is 1.28. The molecule has 0 radical (unpaired) electrons. The minimum Gasteiger partial charge on any atom is -0.507 e. The maximum atomic E-state index is 9.64. The van der Waals surface area contributed by atoms with E-state index < -0.39 is 0 Å². The first-order valence-electron chi connectivity index (χ1n) is 4.54. The van der Waals surface area contributed by atoms with Crippen molar-refractivity contribution in [2.24, 2.45) is 5.10 Å². The molecule has 0 spiro atoms. The van der Waals surface area contributed by atoms with Crippen molar-refractivity contribution in [3.63, 3.8) is 0 Å². The molecule has 1 aliphatic rings. The van der Waals surface area contributed by atoms with Gasteiger partial charge in [-0.05, 0) is 19.1 Å². The van der Waals surface area contributed by atoms with Crippen molar-refractivity contribution >= 4 is 5.84 Å². The Morgan fingerprint density at radius 3 is 2.71 bits per heavy atom. The third-order valence-electron chi connectivity index (χ3n) is 2.42. The molecule has 74 valence electrons. The molecule has 0 saturated heterocycles. The summed E-state index contributed by atoms with van der Waals surface area (Å²) in [6.07, 6.45) is 0.171. The summed E-state index contributed by atoms with van der Waals surface area (Å²) in [5.74, 6) is 1.03. The molecule has 0 fully saturated rings. The van der Waals surface area contributed by atoms with Crippen LogP contribution in [0.1, 0.15) is 12.5 Å². The SMILES string of the molecule is CC1NN=C(c2ccccc2O)N1C. The molecule has 1 aliphatic heterocycles. The first-order chi connectivity index (χ1) is 6.70. The summed E-state index contributed by atoms with van der Waals surface area (Å²) in [5.41, 5.74) is 3.70. The van der Waals surface area contributed by atoms with E-state index in [1.807, 2.05) is 31.0 Å². The lowest BCUT2D eigenvalue weighted by Crippen LogP contribution is -2.34. The van der Waals surface area contributed by atoms with E-state index in [4.69, 9.17) is 0 Å². The molecule has 14 heavy (non-hydrogen) atoms. The van der Waals surface area contributed by atoms with Gasteiger partial charge in [0, 0.05) is 7.05 Å². The highest BCUT2D eigenvalue weighted by Crippen LogP contribution is 2.20. The van der Waals surface area contributed by atoms with E-state index in [2.05, 4.69) is 10.5 Å². The van der Waals surface area contributed by atoms with Crippen molar-refractivity contribution in [1.29, 1.82) is 0 Å². The van der Waals surface area contributed by atoms with Crippen LogP contribution in [0, 0.1) is 0 Å². The first-order valence-corrected chi connectivity index (χ1v) is 4.54. The number of nitrogens with zero attached hydrogens (tertiary/aromatic N) is 2. The van der Waals surface area contributed by atoms with Gasteiger partial charge in [-0.15, -0.1) is 0 Å². The van der Waals surface area contributed by atoms with Crippen LogP contribution in [0.3, 0.4) is 0 Å². The summed E-state index contributed by atoms with van der Waals surface area (Å²) in [6, 6.07) is 7.19. The van der Waals surface area contributed by atoms with Crippen LogP contribution >= 0.6 is 0 Å². The van der Waals surface area contributed by atoms with E-state index in [9.17, 15) is 5.11 Å². The van der Waals surface area contributed by atoms with Gasteiger partial charge < -0.3 is 10.0 Å². The summed E-state index contributed by atoms with van der Waals surface area (Å²) < 4.78 is 0. The molecule has 0 saturated carbocycles. The predicted molar refractivity (Wildman–Crippen MR) is 55.0 cm³/mol. The van der Waals surface area contributed by atoms with Crippen LogP contribution in [0.15, 0.2) is 29.4 Å². The zero-order valence-corrected chi connectivity index (χ0v) is 8.23. The molecule has 1 unspecified atom stereocenters. The van der Waals surface area contributed by atoms with Crippen LogP contribution in [0.2, 0.25) is 0 Å². The largest absolute Gasteiger partial charge is 0.507 e. The second-order valence-electron chi connectivity index (χ2n) is 3.37. The number of rotatable bonds is 1. The van der Waals surface area contributed by atoms with E-state index in [-0.39, 0.29) is 11.9 Å². The van der Waals surface area contributed by atoms with Crippen molar-refractivity contribution < 1.29 is 5.11 Å². The molecular formula is C10H13N3O. The van der Waals surface area contributed by atoms with Crippen LogP contribution in [0.5, 0.6) is 5.75 Å². The van der Waals surface area contributed by atoms with E-state index in [0.717, 1.165) is 11.4 Å². The van der Waals surface area contributed by atoms with Crippen LogP contribution < -0.4 is 5.43 Å². The normalized spacial score (nSPS) is 20.6. The Labute approximate surface area is 82.9 Å². The monoisotopic (exact) mass is 191 g/mol. The molecule has 2 N–H and O–H groups in total. The van der Waals surface area contributed by atoms with Crippen LogP contribution in [-0.2, 0) is 0 Å². The van der Waals surface area contributed by atoms with E-state index in [1.54, 1.807) is 12.1 Å². The maximum Gasteiger partial charge on any atom is 0.160 e. The number of hydrogen-bond donors (Lipinski definition) is 2. The Balaban J connectivity index is 2.37. The number of aromatic hydroxyl groups is 1. The number of amidine groups is 1. The van der Waals surface area contributed by atoms with Gasteiger partial charge in [0.15, 0.2) is 5.84 Å². The Hall–Kier alpha value is -1.71. The summed E-state index contributed by atoms with van der Waals surface area (Å²) >= 11 is 0. The van der Waals surface area contributed by atoms with E-state index in [1.165, 1.54) is 0 Å². The highest BCUT2D eigenvalue weighted by Gasteiger charge is 2.22. The molecular weight excluding hydrogens is 178 g/mol. The van der Waals surface area contributed by atoms with Gasteiger partial charge in [-0.2, -0.15) is 5.10 Å².